The lowest BCUT2D eigenvalue weighted by atomic mass is 10.0. The van der Waals surface area contributed by atoms with Crippen molar-refractivity contribution in [1.29, 1.82) is 0 Å². The summed E-state index contributed by atoms with van der Waals surface area (Å²) in [4.78, 5) is 64.6. The maximum absolute atomic E-state index is 13.4. The predicted molar refractivity (Wildman–Crippen MR) is 149 cm³/mol. The molecule has 1 aromatic rings. The first kappa shape index (κ1) is 36.9. The average Bonchev–Trinajstić information content (AvgIpc) is 2.79. The van der Waals surface area contributed by atoms with E-state index in [9.17, 15) is 42.3 Å². The van der Waals surface area contributed by atoms with Gasteiger partial charge in [-0.25, -0.2) is 9.59 Å². The number of hydrogen-bond donors (Lipinski definition) is 5. The van der Waals surface area contributed by atoms with Crippen molar-refractivity contribution in [1.82, 2.24) is 20.5 Å². The van der Waals surface area contributed by atoms with Crippen LogP contribution in [0.1, 0.15) is 61.3 Å². The standard InChI is InChI=1S/C26H39F3N6O8/c1-15(36)31-17-11-9-13-35(20(17)39)14-18(37)32-16(19(38)26(27,28)29)10-8-12-30-21(33-22(40)42-24(2,3)4)34-23(41)43-25(5,6)7/h9,11,13,16,19,38H,8,10,12,14H2,1-7H3,(H,31,36)(H,32,37)(H2,30,33,34,40,41). The third-order valence-electron chi connectivity index (χ3n) is 4.89. The van der Waals surface area contributed by atoms with E-state index >= 15 is 0 Å². The first-order valence-electron chi connectivity index (χ1n) is 13.1. The van der Waals surface area contributed by atoms with Gasteiger partial charge >= 0.3 is 18.4 Å². The Labute approximate surface area is 246 Å². The Balaban J connectivity index is 3.03. The number of guanidine groups is 1. The Morgan fingerprint density at radius 2 is 1.53 bits per heavy atom. The second-order valence-corrected chi connectivity index (χ2v) is 11.3. The summed E-state index contributed by atoms with van der Waals surface area (Å²) in [5.74, 6) is -1.96. The van der Waals surface area contributed by atoms with Crippen molar-refractivity contribution in [2.45, 2.75) is 97.4 Å². The number of aliphatic hydroxyl groups excluding tert-OH is 1. The Kier molecular flexibility index (Phi) is 13.2. The Morgan fingerprint density at radius 3 is 2.00 bits per heavy atom. The van der Waals surface area contributed by atoms with Crippen LogP contribution in [0.4, 0.5) is 28.4 Å². The summed E-state index contributed by atoms with van der Waals surface area (Å²) in [5, 5.41) is 18.7. The van der Waals surface area contributed by atoms with Crippen LogP contribution in [0.5, 0.6) is 0 Å². The minimum atomic E-state index is -5.09. The molecule has 5 N–H and O–H groups in total. The molecule has 0 aliphatic carbocycles. The number of aliphatic hydroxyl groups is 1. The molecule has 0 fully saturated rings. The van der Waals surface area contributed by atoms with Gasteiger partial charge in [-0.2, -0.15) is 13.2 Å². The Hall–Kier alpha value is -4.15. The normalized spacial score (nSPS) is 13.2. The van der Waals surface area contributed by atoms with Crippen LogP contribution in [0.15, 0.2) is 28.1 Å². The largest absolute Gasteiger partial charge is 0.444 e. The van der Waals surface area contributed by atoms with Crippen LogP contribution in [0.2, 0.25) is 0 Å². The first-order valence-corrected chi connectivity index (χ1v) is 13.1. The molecule has 2 unspecified atom stereocenters. The van der Waals surface area contributed by atoms with Gasteiger partial charge in [0.2, 0.25) is 17.8 Å². The first-order chi connectivity index (χ1) is 19.6. The van der Waals surface area contributed by atoms with Crippen molar-refractivity contribution < 1.29 is 46.9 Å². The number of alkyl carbamates (subject to hydrolysis) is 2. The molecular formula is C26H39F3N6O8. The van der Waals surface area contributed by atoms with Crippen LogP contribution in [0, 0.1) is 0 Å². The number of hydrogen-bond acceptors (Lipinski definition) is 9. The second kappa shape index (κ2) is 15.4. The van der Waals surface area contributed by atoms with Gasteiger partial charge in [-0.3, -0.25) is 30.0 Å². The third-order valence-corrected chi connectivity index (χ3v) is 4.89. The number of carbonyl (C=O) groups is 4. The monoisotopic (exact) mass is 620 g/mol. The molecule has 1 heterocycles. The lowest BCUT2D eigenvalue weighted by molar-refractivity contribution is -0.212. The maximum Gasteiger partial charge on any atom is 0.416 e. The van der Waals surface area contributed by atoms with Gasteiger partial charge in [-0.05, 0) is 66.5 Å². The molecule has 43 heavy (non-hydrogen) atoms. The van der Waals surface area contributed by atoms with Crippen LogP contribution in [-0.2, 0) is 25.6 Å². The molecule has 14 nitrogen and oxygen atoms in total. The number of aliphatic imine (C=N–C) groups is 1. The van der Waals surface area contributed by atoms with E-state index in [1.54, 1.807) is 41.5 Å². The van der Waals surface area contributed by atoms with Crippen LogP contribution in [0.3, 0.4) is 0 Å². The summed E-state index contributed by atoms with van der Waals surface area (Å²) in [7, 11) is 0. The van der Waals surface area contributed by atoms with Crippen molar-refractivity contribution in [3.05, 3.63) is 28.7 Å². The summed E-state index contributed by atoms with van der Waals surface area (Å²) in [6.07, 6.45) is -9.40. The number of pyridine rings is 1. The highest BCUT2D eigenvalue weighted by molar-refractivity contribution is 6.01. The van der Waals surface area contributed by atoms with Gasteiger partial charge in [0.1, 0.15) is 23.4 Å². The van der Waals surface area contributed by atoms with Crippen LogP contribution < -0.4 is 26.8 Å². The van der Waals surface area contributed by atoms with E-state index in [0.29, 0.717) is 0 Å². The van der Waals surface area contributed by atoms with Gasteiger partial charge in [-0.1, -0.05) is 0 Å². The molecule has 0 saturated carbocycles. The van der Waals surface area contributed by atoms with Crippen molar-refractivity contribution >= 4 is 35.6 Å². The van der Waals surface area contributed by atoms with Crippen molar-refractivity contribution in [3.8, 4) is 0 Å². The number of nitrogens with zero attached hydrogens (tertiary/aromatic N) is 2. The van der Waals surface area contributed by atoms with E-state index in [2.05, 4.69) is 26.3 Å². The van der Waals surface area contributed by atoms with Gasteiger partial charge in [0, 0.05) is 19.7 Å². The zero-order chi connectivity index (χ0) is 33.2. The SMILES string of the molecule is CC(=O)Nc1cccn(CC(=O)NC(CCCN=C(NC(=O)OC(C)(C)C)NC(=O)OC(C)(C)C)C(O)C(F)(F)F)c1=O. The minimum absolute atomic E-state index is 0.136. The number of halogens is 3. The zero-order valence-corrected chi connectivity index (χ0v) is 25.0. The molecule has 0 aliphatic rings. The summed E-state index contributed by atoms with van der Waals surface area (Å²) in [6, 6.07) is 0.810. The fourth-order valence-corrected chi connectivity index (χ4v) is 3.30. The fourth-order valence-electron chi connectivity index (χ4n) is 3.30. The second-order valence-electron chi connectivity index (χ2n) is 11.3. The molecule has 17 heteroatoms. The minimum Gasteiger partial charge on any atom is -0.444 e. The van der Waals surface area contributed by atoms with E-state index in [-0.39, 0.29) is 18.7 Å². The van der Waals surface area contributed by atoms with Gasteiger partial charge < -0.3 is 29.8 Å². The molecule has 0 spiro atoms. The van der Waals surface area contributed by atoms with Crippen molar-refractivity contribution in [3.63, 3.8) is 0 Å². The Bertz CT molecular complexity index is 1200. The van der Waals surface area contributed by atoms with Gasteiger partial charge in [0.15, 0.2) is 6.10 Å². The molecule has 0 bridgehead atoms. The number of rotatable bonds is 9. The van der Waals surface area contributed by atoms with E-state index in [1.165, 1.54) is 25.3 Å². The lowest BCUT2D eigenvalue weighted by Gasteiger charge is -2.26. The lowest BCUT2D eigenvalue weighted by Crippen LogP contribution is -2.51. The summed E-state index contributed by atoms with van der Waals surface area (Å²) in [6.45, 7) is 9.79. The van der Waals surface area contributed by atoms with Crippen LogP contribution in [-0.4, -0.2) is 75.7 Å². The van der Waals surface area contributed by atoms with E-state index in [1.807, 2.05) is 0 Å². The molecule has 0 saturated heterocycles. The maximum atomic E-state index is 13.4. The molecule has 0 radical (unpaired) electrons. The van der Waals surface area contributed by atoms with Crippen LogP contribution in [0.25, 0.3) is 0 Å². The molecular weight excluding hydrogens is 581 g/mol. The number of nitrogens with one attached hydrogen (secondary N) is 4. The van der Waals surface area contributed by atoms with Crippen LogP contribution >= 0.6 is 0 Å². The molecule has 2 atom stereocenters. The van der Waals surface area contributed by atoms with Gasteiger partial charge in [-0.15, -0.1) is 0 Å². The summed E-state index contributed by atoms with van der Waals surface area (Å²) in [5.41, 5.74) is -2.69. The molecule has 0 aliphatic heterocycles. The average molecular weight is 621 g/mol. The molecule has 1 rings (SSSR count). The number of anilines is 1. The van der Waals surface area contributed by atoms with E-state index in [4.69, 9.17) is 9.47 Å². The molecule has 4 amide bonds. The van der Waals surface area contributed by atoms with E-state index < -0.39 is 78.0 Å². The van der Waals surface area contributed by atoms with Gasteiger partial charge in [0.05, 0.1) is 6.04 Å². The third kappa shape index (κ3) is 15.1. The van der Waals surface area contributed by atoms with E-state index in [0.717, 1.165) is 4.57 Å². The van der Waals surface area contributed by atoms with Gasteiger partial charge in [0.25, 0.3) is 5.56 Å². The molecule has 0 aromatic carbocycles. The quantitative estimate of drug-likeness (QED) is 0.158. The summed E-state index contributed by atoms with van der Waals surface area (Å²) < 4.78 is 51.2. The highest BCUT2D eigenvalue weighted by atomic mass is 19.4. The highest BCUT2D eigenvalue weighted by Gasteiger charge is 2.43. The molecule has 1 aromatic heterocycles. The Morgan fingerprint density at radius 1 is 1.00 bits per heavy atom. The zero-order valence-electron chi connectivity index (χ0n) is 25.0. The predicted octanol–water partition coefficient (Wildman–Crippen LogP) is 2.40. The number of aromatic nitrogens is 1. The smallest absolute Gasteiger partial charge is 0.416 e. The molecule has 242 valence electrons. The summed E-state index contributed by atoms with van der Waals surface area (Å²) >= 11 is 0. The topological polar surface area (TPSA) is 189 Å². The van der Waals surface area contributed by atoms with Crippen molar-refractivity contribution in [2.24, 2.45) is 4.99 Å². The van der Waals surface area contributed by atoms with Crippen molar-refractivity contribution in [2.75, 3.05) is 11.9 Å². The number of ether oxygens (including phenoxy) is 2. The highest BCUT2D eigenvalue weighted by Crippen LogP contribution is 2.24. The number of carbonyl (C=O) groups excluding carboxylic acids is 4. The number of alkyl halides is 3. The fraction of sp³-hybridized carbons (Fsp3) is 0.615. The number of amides is 4.